The van der Waals surface area contributed by atoms with Gasteiger partial charge in [0.25, 0.3) is 0 Å². The Morgan fingerprint density at radius 2 is 2.31 bits per heavy atom. The number of carbonyl (C=O) groups is 2. The Morgan fingerprint density at radius 3 is 2.69 bits per heavy atom. The zero-order valence-corrected chi connectivity index (χ0v) is 7.32. The number of primary amides is 1. The van der Waals surface area contributed by atoms with Gasteiger partial charge >= 0.3 is 0 Å². The molecular weight excluding hydrogens is 168 g/mol. The average molecular weight is 180 g/mol. The average Bonchev–Trinajstić information content (AvgIpc) is 1.97. The summed E-state index contributed by atoms with van der Waals surface area (Å²) in [7, 11) is 0. The molecule has 4 heteroatoms. The molecule has 1 unspecified atom stereocenters. The van der Waals surface area contributed by atoms with Gasteiger partial charge in [-0.25, -0.2) is 0 Å². The molecule has 0 aromatic carbocycles. The van der Waals surface area contributed by atoms with E-state index >= 15 is 0 Å². The van der Waals surface area contributed by atoms with Gasteiger partial charge in [0.1, 0.15) is 6.04 Å². The van der Waals surface area contributed by atoms with Crippen LogP contribution in [-0.2, 0) is 9.59 Å². The number of hydrogen-bond donors (Lipinski definition) is 1. The molecule has 0 aliphatic carbocycles. The number of rotatable bonds is 3. The third-order valence-electron chi connectivity index (χ3n) is 2.15. The van der Waals surface area contributed by atoms with Crippen LogP contribution in [0.5, 0.6) is 0 Å². The minimum Gasteiger partial charge on any atom is -0.368 e. The monoisotopic (exact) mass is 180 g/mol. The molecule has 13 heavy (non-hydrogen) atoms. The van der Waals surface area contributed by atoms with Crippen LogP contribution in [0.4, 0.5) is 0 Å². The first-order valence-electron chi connectivity index (χ1n) is 4.19. The molecule has 0 radical (unpaired) electrons. The fourth-order valence-corrected chi connectivity index (χ4v) is 1.30. The van der Waals surface area contributed by atoms with Crippen LogP contribution < -0.4 is 5.73 Å². The van der Waals surface area contributed by atoms with Crippen LogP contribution in [-0.4, -0.2) is 29.3 Å². The second-order valence-corrected chi connectivity index (χ2v) is 3.00. The number of carbonyl (C=O) groups excluding carboxylic acids is 2. The highest BCUT2D eigenvalue weighted by Crippen LogP contribution is 2.18. The molecule has 0 bridgehead atoms. The summed E-state index contributed by atoms with van der Waals surface area (Å²) in [6.45, 7) is 0.622. The largest absolute Gasteiger partial charge is 0.368 e. The van der Waals surface area contributed by atoms with Crippen LogP contribution in [0.2, 0.25) is 0 Å². The molecule has 1 atom stereocenters. The van der Waals surface area contributed by atoms with E-state index in [1.54, 1.807) is 0 Å². The summed E-state index contributed by atoms with van der Waals surface area (Å²) in [5.41, 5.74) is 5.08. The van der Waals surface area contributed by atoms with Crippen molar-refractivity contribution in [2.75, 3.05) is 6.54 Å². The van der Waals surface area contributed by atoms with Crippen molar-refractivity contribution in [3.8, 4) is 12.3 Å². The fraction of sp³-hybridized carbons (Fsp3) is 0.556. The van der Waals surface area contributed by atoms with Crippen LogP contribution in [0, 0.1) is 12.3 Å². The minimum atomic E-state index is -0.430. The van der Waals surface area contributed by atoms with Gasteiger partial charge in [0, 0.05) is 19.4 Å². The highest BCUT2D eigenvalue weighted by molar-refractivity contribution is 5.88. The molecule has 1 heterocycles. The van der Waals surface area contributed by atoms with Gasteiger partial charge in [0.15, 0.2) is 0 Å². The van der Waals surface area contributed by atoms with Crippen molar-refractivity contribution in [2.45, 2.75) is 25.3 Å². The molecular formula is C9H12N2O2. The van der Waals surface area contributed by atoms with Gasteiger partial charge < -0.3 is 10.6 Å². The second kappa shape index (κ2) is 3.94. The van der Waals surface area contributed by atoms with Gasteiger partial charge in [0.2, 0.25) is 11.8 Å². The highest BCUT2D eigenvalue weighted by atomic mass is 16.2. The van der Waals surface area contributed by atoms with E-state index < -0.39 is 11.9 Å². The second-order valence-electron chi connectivity index (χ2n) is 3.00. The van der Waals surface area contributed by atoms with E-state index in [0.29, 0.717) is 25.8 Å². The summed E-state index contributed by atoms with van der Waals surface area (Å²) in [5, 5.41) is 0. The van der Waals surface area contributed by atoms with E-state index in [4.69, 9.17) is 12.2 Å². The molecule has 1 saturated heterocycles. The Bertz CT molecular complexity index is 267. The van der Waals surface area contributed by atoms with Crippen molar-refractivity contribution in [3.63, 3.8) is 0 Å². The number of hydrogen-bond acceptors (Lipinski definition) is 2. The van der Waals surface area contributed by atoms with Crippen molar-refractivity contribution >= 4 is 11.8 Å². The Hall–Kier alpha value is -1.50. The van der Waals surface area contributed by atoms with Gasteiger partial charge in [-0.15, -0.1) is 12.3 Å². The van der Waals surface area contributed by atoms with E-state index in [-0.39, 0.29) is 5.91 Å². The van der Waals surface area contributed by atoms with E-state index in [0.717, 1.165) is 0 Å². The standard InChI is InChI=1S/C9H12N2O2/c1-2-3-4-8(12)11-6-5-7(11)9(10)13/h1,7H,3-6H2,(H2,10,13). The highest BCUT2D eigenvalue weighted by Gasteiger charge is 2.35. The molecule has 4 nitrogen and oxygen atoms in total. The minimum absolute atomic E-state index is 0.0759. The van der Waals surface area contributed by atoms with Crippen LogP contribution in [0.25, 0.3) is 0 Å². The van der Waals surface area contributed by atoms with Crippen LogP contribution in [0.1, 0.15) is 19.3 Å². The topological polar surface area (TPSA) is 63.4 Å². The Labute approximate surface area is 77.1 Å². The zero-order chi connectivity index (χ0) is 9.84. The van der Waals surface area contributed by atoms with E-state index in [9.17, 15) is 9.59 Å². The predicted octanol–water partition coefficient (Wildman–Crippen LogP) is -0.514. The van der Waals surface area contributed by atoms with Gasteiger partial charge in [-0.2, -0.15) is 0 Å². The molecule has 70 valence electrons. The van der Waals surface area contributed by atoms with Gasteiger partial charge in [-0.1, -0.05) is 0 Å². The van der Waals surface area contributed by atoms with E-state index in [2.05, 4.69) is 5.92 Å². The van der Waals surface area contributed by atoms with Crippen molar-refractivity contribution in [2.24, 2.45) is 5.73 Å². The fourth-order valence-electron chi connectivity index (χ4n) is 1.30. The number of likely N-dealkylation sites (tertiary alicyclic amines) is 1. The molecule has 0 spiro atoms. The molecule has 1 fully saturated rings. The summed E-state index contributed by atoms with van der Waals surface area (Å²) in [6.07, 6.45) is 6.42. The first-order chi connectivity index (χ1) is 6.16. The Balaban J connectivity index is 2.41. The zero-order valence-electron chi connectivity index (χ0n) is 7.32. The van der Waals surface area contributed by atoms with Gasteiger partial charge in [-0.3, -0.25) is 9.59 Å². The summed E-state index contributed by atoms with van der Waals surface area (Å²) in [5.74, 6) is 1.88. The number of nitrogens with two attached hydrogens (primary N) is 1. The van der Waals surface area contributed by atoms with Crippen molar-refractivity contribution in [1.82, 2.24) is 4.90 Å². The molecule has 0 aromatic heterocycles. The van der Waals surface area contributed by atoms with Crippen LogP contribution in [0.15, 0.2) is 0 Å². The van der Waals surface area contributed by atoms with Crippen molar-refractivity contribution < 1.29 is 9.59 Å². The van der Waals surface area contributed by atoms with Crippen molar-refractivity contribution in [1.29, 1.82) is 0 Å². The molecule has 2 amide bonds. The molecule has 0 saturated carbocycles. The summed E-state index contributed by atoms with van der Waals surface area (Å²) >= 11 is 0. The lowest BCUT2D eigenvalue weighted by Gasteiger charge is -2.38. The lowest BCUT2D eigenvalue weighted by Crippen LogP contribution is -2.57. The Kier molecular flexibility index (Phi) is 2.91. The smallest absolute Gasteiger partial charge is 0.240 e. The van der Waals surface area contributed by atoms with Crippen molar-refractivity contribution in [3.05, 3.63) is 0 Å². The number of terminal acetylenes is 1. The summed E-state index contributed by atoms with van der Waals surface area (Å²) < 4.78 is 0. The maximum absolute atomic E-state index is 11.3. The lowest BCUT2D eigenvalue weighted by atomic mass is 10.0. The van der Waals surface area contributed by atoms with Crippen LogP contribution >= 0.6 is 0 Å². The lowest BCUT2D eigenvalue weighted by molar-refractivity contribution is -0.145. The number of nitrogens with zero attached hydrogens (tertiary/aromatic N) is 1. The van der Waals surface area contributed by atoms with Crippen LogP contribution in [0.3, 0.4) is 0 Å². The van der Waals surface area contributed by atoms with Gasteiger partial charge in [-0.05, 0) is 6.42 Å². The molecule has 1 rings (SSSR count). The quantitative estimate of drug-likeness (QED) is 0.594. The normalized spacial score (nSPS) is 20.2. The predicted molar refractivity (Wildman–Crippen MR) is 47.4 cm³/mol. The molecule has 1 aliphatic rings. The first-order valence-corrected chi connectivity index (χ1v) is 4.19. The number of amides is 2. The first kappa shape index (κ1) is 9.59. The van der Waals surface area contributed by atoms with E-state index in [1.807, 2.05) is 0 Å². The maximum Gasteiger partial charge on any atom is 0.240 e. The van der Waals surface area contributed by atoms with Gasteiger partial charge in [0.05, 0.1) is 0 Å². The third kappa shape index (κ3) is 2.00. The summed E-state index contributed by atoms with van der Waals surface area (Å²) in [4.78, 5) is 23.6. The Morgan fingerprint density at radius 1 is 1.62 bits per heavy atom. The third-order valence-corrected chi connectivity index (χ3v) is 2.15. The van der Waals surface area contributed by atoms with E-state index in [1.165, 1.54) is 4.90 Å². The SMILES string of the molecule is C#CCCC(=O)N1CCC1C(N)=O. The maximum atomic E-state index is 11.3. The molecule has 2 N–H and O–H groups in total. The summed E-state index contributed by atoms with van der Waals surface area (Å²) in [6, 6.07) is -0.398. The molecule has 1 aliphatic heterocycles. The molecule has 0 aromatic rings.